The molecule has 1 heterocycles. The fourth-order valence-electron chi connectivity index (χ4n) is 1.80. The average Bonchev–Trinajstić information content (AvgIpc) is 2.46. The lowest BCUT2D eigenvalue weighted by atomic mass is 10.2. The van der Waals surface area contributed by atoms with Gasteiger partial charge >= 0.3 is 0 Å². The molecule has 0 radical (unpaired) electrons. The minimum Gasteiger partial charge on any atom is -0.457 e. The Kier molecular flexibility index (Phi) is 4.93. The molecule has 2 rings (SSSR count). The molecule has 0 saturated carbocycles. The minimum absolute atomic E-state index is 0.766. The first-order valence-corrected chi connectivity index (χ1v) is 6.74. The van der Waals surface area contributed by atoms with Crippen molar-refractivity contribution in [2.45, 2.75) is 26.8 Å². The summed E-state index contributed by atoms with van der Waals surface area (Å²) in [6.45, 7) is 5.93. The molecule has 0 fully saturated rings. The number of aromatic nitrogens is 1. The van der Waals surface area contributed by atoms with E-state index in [1.54, 1.807) is 6.20 Å². The Balaban J connectivity index is 2.05. The second kappa shape index (κ2) is 6.90. The van der Waals surface area contributed by atoms with E-state index in [9.17, 15) is 0 Å². The van der Waals surface area contributed by atoms with E-state index in [4.69, 9.17) is 4.74 Å². The summed E-state index contributed by atoms with van der Waals surface area (Å²) in [6.07, 6.45) is 2.82. The van der Waals surface area contributed by atoms with E-state index in [2.05, 4.69) is 36.3 Å². The van der Waals surface area contributed by atoms with Crippen molar-refractivity contribution in [3.8, 4) is 11.5 Å². The molecule has 0 unspecified atom stereocenters. The Morgan fingerprint density at radius 1 is 1.05 bits per heavy atom. The molecule has 0 amide bonds. The van der Waals surface area contributed by atoms with Crippen LogP contribution in [0.25, 0.3) is 0 Å². The van der Waals surface area contributed by atoms with Crippen molar-refractivity contribution in [2.24, 2.45) is 0 Å². The Labute approximate surface area is 114 Å². The van der Waals surface area contributed by atoms with Gasteiger partial charge < -0.3 is 10.1 Å². The summed E-state index contributed by atoms with van der Waals surface area (Å²) in [7, 11) is 0. The van der Waals surface area contributed by atoms with Gasteiger partial charge in [-0.15, -0.1) is 0 Å². The molecule has 0 aliphatic carbocycles. The third-order valence-corrected chi connectivity index (χ3v) is 2.91. The maximum Gasteiger partial charge on any atom is 0.130 e. The van der Waals surface area contributed by atoms with Crippen molar-refractivity contribution in [3.63, 3.8) is 0 Å². The number of nitrogens with one attached hydrogen (secondary N) is 1. The van der Waals surface area contributed by atoms with Crippen LogP contribution in [0.4, 0.5) is 0 Å². The number of rotatable bonds is 6. The van der Waals surface area contributed by atoms with E-state index in [-0.39, 0.29) is 0 Å². The molecule has 2 aromatic rings. The number of hydrogen-bond donors (Lipinski definition) is 1. The highest BCUT2D eigenvalue weighted by molar-refractivity contribution is 5.33. The van der Waals surface area contributed by atoms with Crippen molar-refractivity contribution >= 4 is 0 Å². The van der Waals surface area contributed by atoms with E-state index >= 15 is 0 Å². The van der Waals surface area contributed by atoms with Crippen LogP contribution in [0.1, 0.15) is 25.1 Å². The SMILES string of the molecule is CCNCc1cc(Oc2ccc(CC)cc2)ccn1. The zero-order chi connectivity index (χ0) is 13.5. The molecule has 0 bridgehead atoms. The number of ether oxygens (including phenoxy) is 1. The highest BCUT2D eigenvalue weighted by Crippen LogP contribution is 2.21. The van der Waals surface area contributed by atoms with Gasteiger partial charge in [0.1, 0.15) is 11.5 Å². The van der Waals surface area contributed by atoms with Gasteiger partial charge in [-0.2, -0.15) is 0 Å². The number of benzene rings is 1. The summed E-state index contributed by atoms with van der Waals surface area (Å²) in [5.41, 5.74) is 2.31. The molecule has 1 N–H and O–H groups in total. The lowest BCUT2D eigenvalue weighted by Gasteiger charge is -2.08. The molecule has 1 aromatic carbocycles. The van der Waals surface area contributed by atoms with Gasteiger partial charge in [-0.05, 0) is 36.7 Å². The summed E-state index contributed by atoms with van der Waals surface area (Å²) in [4.78, 5) is 4.30. The molecule has 1 aromatic heterocycles. The van der Waals surface area contributed by atoms with E-state index in [1.165, 1.54) is 5.56 Å². The van der Waals surface area contributed by atoms with Gasteiger partial charge in [0.2, 0.25) is 0 Å². The van der Waals surface area contributed by atoms with Gasteiger partial charge in [0, 0.05) is 18.8 Å². The van der Waals surface area contributed by atoms with Gasteiger partial charge in [-0.25, -0.2) is 0 Å². The Bertz CT molecular complexity index is 508. The zero-order valence-corrected chi connectivity index (χ0v) is 11.5. The molecular weight excluding hydrogens is 236 g/mol. The number of hydrogen-bond acceptors (Lipinski definition) is 3. The average molecular weight is 256 g/mol. The summed E-state index contributed by atoms with van der Waals surface area (Å²) in [5.74, 6) is 1.69. The molecular formula is C16H20N2O. The number of aryl methyl sites for hydroxylation is 1. The van der Waals surface area contributed by atoms with Crippen LogP contribution in [0.15, 0.2) is 42.6 Å². The molecule has 0 spiro atoms. The second-order valence-corrected chi connectivity index (χ2v) is 4.36. The van der Waals surface area contributed by atoms with Crippen LogP contribution in [0, 0.1) is 0 Å². The lowest BCUT2D eigenvalue weighted by molar-refractivity contribution is 0.480. The van der Waals surface area contributed by atoms with E-state index in [1.807, 2.05) is 24.3 Å². The molecule has 0 aliphatic rings. The Morgan fingerprint density at radius 3 is 2.53 bits per heavy atom. The summed E-state index contributed by atoms with van der Waals surface area (Å²) >= 11 is 0. The highest BCUT2D eigenvalue weighted by atomic mass is 16.5. The lowest BCUT2D eigenvalue weighted by Crippen LogP contribution is -2.12. The van der Waals surface area contributed by atoms with Crippen molar-refractivity contribution in [1.82, 2.24) is 10.3 Å². The number of nitrogens with zero attached hydrogens (tertiary/aromatic N) is 1. The fourth-order valence-corrected chi connectivity index (χ4v) is 1.80. The first kappa shape index (κ1) is 13.6. The van der Waals surface area contributed by atoms with Crippen LogP contribution in [0.2, 0.25) is 0 Å². The monoisotopic (exact) mass is 256 g/mol. The van der Waals surface area contributed by atoms with Crippen molar-refractivity contribution in [1.29, 1.82) is 0 Å². The quantitative estimate of drug-likeness (QED) is 0.858. The minimum atomic E-state index is 0.766. The first-order valence-electron chi connectivity index (χ1n) is 6.74. The second-order valence-electron chi connectivity index (χ2n) is 4.36. The maximum atomic E-state index is 5.83. The molecule has 0 aliphatic heterocycles. The third-order valence-electron chi connectivity index (χ3n) is 2.91. The van der Waals surface area contributed by atoms with Gasteiger partial charge in [-0.1, -0.05) is 26.0 Å². The van der Waals surface area contributed by atoms with Gasteiger partial charge in [-0.3, -0.25) is 4.98 Å². The van der Waals surface area contributed by atoms with E-state index in [0.717, 1.165) is 36.7 Å². The zero-order valence-electron chi connectivity index (χ0n) is 11.5. The normalized spacial score (nSPS) is 10.4. The highest BCUT2D eigenvalue weighted by Gasteiger charge is 2.00. The molecule has 3 nitrogen and oxygen atoms in total. The first-order chi connectivity index (χ1) is 9.31. The Morgan fingerprint density at radius 2 is 1.84 bits per heavy atom. The van der Waals surface area contributed by atoms with Gasteiger partial charge in [0.15, 0.2) is 0 Å². The standard InChI is InChI=1S/C16H20N2O/c1-3-13-5-7-15(8-6-13)19-16-9-10-18-14(11-16)12-17-4-2/h5-11,17H,3-4,12H2,1-2H3. The maximum absolute atomic E-state index is 5.83. The van der Waals surface area contributed by atoms with Crippen LogP contribution < -0.4 is 10.1 Å². The third kappa shape index (κ3) is 4.07. The predicted molar refractivity (Wildman–Crippen MR) is 77.5 cm³/mol. The predicted octanol–water partition coefficient (Wildman–Crippen LogP) is 3.55. The van der Waals surface area contributed by atoms with Gasteiger partial charge in [0.05, 0.1) is 5.69 Å². The van der Waals surface area contributed by atoms with Crippen LogP contribution in [-0.4, -0.2) is 11.5 Å². The van der Waals surface area contributed by atoms with Crippen molar-refractivity contribution in [3.05, 3.63) is 53.9 Å². The molecule has 3 heteroatoms. The summed E-state index contributed by atoms with van der Waals surface area (Å²) < 4.78 is 5.83. The fraction of sp³-hybridized carbons (Fsp3) is 0.312. The molecule has 0 saturated heterocycles. The largest absolute Gasteiger partial charge is 0.457 e. The Hall–Kier alpha value is -1.87. The van der Waals surface area contributed by atoms with Crippen LogP contribution in [0.3, 0.4) is 0 Å². The number of pyridine rings is 1. The smallest absolute Gasteiger partial charge is 0.130 e. The van der Waals surface area contributed by atoms with Crippen molar-refractivity contribution < 1.29 is 4.74 Å². The molecule has 0 atom stereocenters. The summed E-state index contributed by atoms with van der Waals surface area (Å²) in [6, 6.07) is 12.0. The molecule has 19 heavy (non-hydrogen) atoms. The van der Waals surface area contributed by atoms with E-state index in [0.29, 0.717) is 0 Å². The topological polar surface area (TPSA) is 34.1 Å². The van der Waals surface area contributed by atoms with Crippen LogP contribution >= 0.6 is 0 Å². The summed E-state index contributed by atoms with van der Waals surface area (Å²) in [5, 5.41) is 3.25. The molecule has 100 valence electrons. The van der Waals surface area contributed by atoms with E-state index < -0.39 is 0 Å². The van der Waals surface area contributed by atoms with Crippen molar-refractivity contribution in [2.75, 3.05) is 6.54 Å². The van der Waals surface area contributed by atoms with Crippen LogP contribution in [-0.2, 0) is 13.0 Å². The van der Waals surface area contributed by atoms with Gasteiger partial charge in [0.25, 0.3) is 0 Å². The van der Waals surface area contributed by atoms with Crippen LogP contribution in [0.5, 0.6) is 11.5 Å².